The molecule has 0 aliphatic carbocycles. The van der Waals surface area contributed by atoms with Crippen LogP contribution in [0, 0.1) is 6.92 Å². The van der Waals surface area contributed by atoms with Gasteiger partial charge >= 0.3 is 0 Å². The van der Waals surface area contributed by atoms with Gasteiger partial charge in [-0.1, -0.05) is 62.4 Å². The van der Waals surface area contributed by atoms with Crippen LogP contribution in [0.15, 0.2) is 24.3 Å². The number of nitrogens with two attached hydrogens (primary N) is 1. The molecule has 1 aromatic rings. The summed E-state index contributed by atoms with van der Waals surface area (Å²) in [5, 5.41) is 0. The Hall–Kier alpha value is -0.860. The van der Waals surface area contributed by atoms with Gasteiger partial charge in [0, 0.05) is 13.2 Å². The van der Waals surface area contributed by atoms with E-state index in [1.54, 1.807) is 0 Å². The minimum absolute atomic E-state index is 0.0519. The number of hydrogen-bond acceptors (Lipinski definition) is 2. The zero-order valence-electron chi connectivity index (χ0n) is 11.8. The molecular weight excluding hydrogens is 222 g/mol. The van der Waals surface area contributed by atoms with Crippen LogP contribution in [0.1, 0.15) is 56.3 Å². The minimum Gasteiger partial charge on any atom is -0.372 e. The highest BCUT2D eigenvalue weighted by Gasteiger charge is 2.09. The highest BCUT2D eigenvalue weighted by Crippen LogP contribution is 2.18. The molecule has 0 bridgehead atoms. The molecule has 0 fully saturated rings. The largest absolute Gasteiger partial charge is 0.372 e. The van der Waals surface area contributed by atoms with Gasteiger partial charge in [-0.2, -0.15) is 0 Å². The molecule has 0 heterocycles. The van der Waals surface area contributed by atoms with Crippen molar-refractivity contribution in [1.82, 2.24) is 0 Å². The highest BCUT2D eigenvalue weighted by molar-refractivity contribution is 5.24. The van der Waals surface area contributed by atoms with Gasteiger partial charge in [0.1, 0.15) is 0 Å². The summed E-state index contributed by atoms with van der Waals surface area (Å²) in [5.41, 5.74) is 8.25. The van der Waals surface area contributed by atoms with E-state index < -0.39 is 0 Å². The van der Waals surface area contributed by atoms with Gasteiger partial charge in [0.2, 0.25) is 0 Å². The Kier molecular flexibility index (Phi) is 7.70. The fraction of sp³-hybridized carbons (Fsp3) is 0.625. The van der Waals surface area contributed by atoms with Crippen molar-refractivity contribution in [2.45, 2.75) is 52.1 Å². The molecule has 0 radical (unpaired) electrons. The molecule has 2 N–H and O–H groups in total. The molecule has 1 unspecified atom stereocenters. The van der Waals surface area contributed by atoms with Gasteiger partial charge in [-0.15, -0.1) is 0 Å². The lowest BCUT2D eigenvalue weighted by Crippen LogP contribution is -2.16. The first-order chi connectivity index (χ1) is 8.77. The van der Waals surface area contributed by atoms with Crippen LogP contribution < -0.4 is 5.73 Å². The molecule has 0 aromatic heterocycles. The summed E-state index contributed by atoms with van der Waals surface area (Å²) in [6, 6.07) is 8.43. The average molecular weight is 249 g/mol. The van der Waals surface area contributed by atoms with Crippen molar-refractivity contribution in [1.29, 1.82) is 0 Å². The highest BCUT2D eigenvalue weighted by atomic mass is 16.5. The van der Waals surface area contributed by atoms with E-state index in [0.29, 0.717) is 6.54 Å². The minimum atomic E-state index is 0.0519. The number of rotatable bonds is 9. The lowest BCUT2D eigenvalue weighted by atomic mass is 10.1. The van der Waals surface area contributed by atoms with Crippen LogP contribution in [0.4, 0.5) is 0 Å². The second-order valence-corrected chi connectivity index (χ2v) is 4.92. The van der Waals surface area contributed by atoms with Gasteiger partial charge in [-0.3, -0.25) is 0 Å². The zero-order valence-corrected chi connectivity index (χ0v) is 11.8. The van der Waals surface area contributed by atoms with E-state index in [1.165, 1.54) is 36.8 Å². The first kappa shape index (κ1) is 15.2. The molecule has 1 rings (SSSR count). The summed E-state index contributed by atoms with van der Waals surface area (Å²) in [6.07, 6.45) is 6.39. The molecule has 1 atom stereocenters. The molecule has 0 spiro atoms. The molecule has 0 saturated carbocycles. The molecule has 0 saturated heterocycles. The van der Waals surface area contributed by atoms with Gasteiger partial charge in [0.15, 0.2) is 0 Å². The van der Waals surface area contributed by atoms with Crippen LogP contribution in [0.5, 0.6) is 0 Å². The van der Waals surface area contributed by atoms with Crippen molar-refractivity contribution < 1.29 is 4.74 Å². The maximum Gasteiger partial charge on any atom is 0.0947 e. The fourth-order valence-corrected chi connectivity index (χ4v) is 2.10. The van der Waals surface area contributed by atoms with E-state index >= 15 is 0 Å². The van der Waals surface area contributed by atoms with Crippen LogP contribution in [0.25, 0.3) is 0 Å². The standard InChI is InChI=1S/C16H27NO/c1-3-4-5-6-7-11-18-16(13-17)15-10-8-9-14(2)12-15/h8-10,12,16H,3-7,11,13,17H2,1-2H3. The Morgan fingerprint density at radius 2 is 1.94 bits per heavy atom. The van der Waals surface area contributed by atoms with Crippen LogP contribution in [0.3, 0.4) is 0 Å². The molecule has 1 aromatic carbocycles. The predicted molar refractivity (Wildman–Crippen MR) is 77.7 cm³/mol. The Bertz CT molecular complexity index is 325. The Balaban J connectivity index is 2.29. The summed E-state index contributed by atoms with van der Waals surface area (Å²) in [4.78, 5) is 0. The number of benzene rings is 1. The van der Waals surface area contributed by atoms with Gasteiger partial charge < -0.3 is 10.5 Å². The van der Waals surface area contributed by atoms with E-state index in [2.05, 4.69) is 38.1 Å². The number of aryl methyl sites for hydroxylation is 1. The third-order valence-corrected chi connectivity index (χ3v) is 3.19. The van der Waals surface area contributed by atoms with Crippen molar-refractivity contribution in [3.05, 3.63) is 35.4 Å². The monoisotopic (exact) mass is 249 g/mol. The molecule has 0 amide bonds. The first-order valence-corrected chi connectivity index (χ1v) is 7.16. The fourth-order valence-electron chi connectivity index (χ4n) is 2.10. The number of unbranched alkanes of at least 4 members (excludes halogenated alkanes) is 4. The molecule has 2 nitrogen and oxygen atoms in total. The van der Waals surface area contributed by atoms with Crippen LogP contribution >= 0.6 is 0 Å². The number of ether oxygens (including phenoxy) is 1. The van der Waals surface area contributed by atoms with Gasteiger partial charge in [0.05, 0.1) is 6.10 Å². The molecule has 0 aliphatic rings. The lowest BCUT2D eigenvalue weighted by molar-refractivity contribution is 0.0557. The molecule has 18 heavy (non-hydrogen) atoms. The molecule has 0 aliphatic heterocycles. The van der Waals surface area contributed by atoms with E-state index in [-0.39, 0.29) is 6.10 Å². The van der Waals surface area contributed by atoms with E-state index in [9.17, 15) is 0 Å². The second kappa shape index (κ2) is 9.12. The predicted octanol–water partition coefficient (Wildman–Crippen LogP) is 3.98. The average Bonchev–Trinajstić information content (AvgIpc) is 2.38. The topological polar surface area (TPSA) is 35.2 Å². The molecule has 102 valence electrons. The van der Waals surface area contributed by atoms with Crippen molar-refractivity contribution in [2.24, 2.45) is 5.73 Å². The smallest absolute Gasteiger partial charge is 0.0947 e. The van der Waals surface area contributed by atoms with Crippen molar-refractivity contribution in [3.63, 3.8) is 0 Å². The second-order valence-electron chi connectivity index (χ2n) is 4.92. The van der Waals surface area contributed by atoms with Crippen molar-refractivity contribution in [2.75, 3.05) is 13.2 Å². The maximum atomic E-state index is 5.89. The van der Waals surface area contributed by atoms with Crippen LogP contribution in [-0.4, -0.2) is 13.2 Å². The number of hydrogen-bond donors (Lipinski definition) is 1. The van der Waals surface area contributed by atoms with Crippen LogP contribution in [-0.2, 0) is 4.74 Å². The Labute approximate surface area is 112 Å². The van der Waals surface area contributed by atoms with Gasteiger partial charge in [0.25, 0.3) is 0 Å². The molecule has 2 heteroatoms. The van der Waals surface area contributed by atoms with Crippen molar-refractivity contribution >= 4 is 0 Å². The Morgan fingerprint density at radius 1 is 1.17 bits per heavy atom. The van der Waals surface area contributed by atoms with Crippen LogP contribution in [0.2, 0.25) is 0 Å². The summed E-state index contributed by atoms with van der Waals surface area (Å²) in [6.45, 7) is 5.71. The van der Waals surface area contributed by atoms with E-state index in [0.717, 1.165) is 13.0 Å². The third-order valence-electron chi connectivity index (χ3n) is 3.19. The van der Waals surface area contributed by atoms with Gasteiger partial charge in [-0.25, -0.2) is 0 Å². The lowest BCUT2D eigenvalue weighted by Gasteiger charge is -2.17. The summed E-state index contributed by atoms with van der Waals surface area (Å²) < 4.78 is 5.89. The quantitative estimate of drug-likeness (QED) is 0.672. The summed E-state index contributed by atoms with van der Waals surface area (Å²) in [5.74, 6) is 0. The normalized spacial score (nSPS) is 12.6. The third kappa shape index (κ3) is 5.65. The summed E-state index contributed by atoms with van der Waals surface area (Å²) >= 11 is 0. The van der Waals surface area contributed by atoms with Gasteiger partial charge in [-0.05, 0) is 18.9 Å². The zero-order chi connectivity index (χ0) is 13.2. The SMILES string of the molecule is CCCCCCCOC(CN)c1cccc(C)c1. The Morgan fingerprint density at radius 3 is 2.61 bits per heavy atom. The molecular formula is C16H27NO. The van der Waals surface area contributed by atoms with Crippen molar-refractivity contribution in [3.8, 4) is 0 Å². The van der Waals surface area contributed by atoms with E-state index in [4.69, 9.17) is 10.5 Å². The maximum absolute atomic E-state index is 5.89. The van der Waals surface area contributed by atoms with E-state index in [1.807, 2.05) is 0 Å². The first-order valence-electron chi connectivity index (χ1n) is 7.16. The summed E-state index contributed by atoms with van der Waals surface area (Å²) in [7, 11) is 0.